The molecule has 0 spiro atoms. The maximum absolute atomic E-state index is 12.9. The van der Waals surface area contributed by atoms with Gasteiger partial charge in [-0.1, -0.05) is 18.2 Å². The summed E-state index contributed by atoms with van der Waals surface area (Å²) in [5.41, 5.74) is 0. The van der Waals surface area contributed by atoms with E-state index < -0.39 is 12.1 Å². The van der Waals surface area contributed by atoms with E-state index in [4.69, 9.17) is 9.84 Å². The monoisotopic (exact) mass is 408 g/mol. The minimum absolute atomic E-state index is 0.00311. The molecule has 0 amide bonds. The zero-order valence-electron chi connectivity index (χ0n) is 15.5. The number of hydrogen-bond donors (Lipinski definition) is 2. The lowest BCUT2D eigenvalue weighted by atomic mass is 10.0. The van der Waals surface area contributed by atoms with E-state index in [-0.39, 0.29) is 35.8 Å². The Kier molecular flexibility index (Phi) is 9.23. The smallest absolute Gasteiger partial charge is 0.303 e. The molecule has 1 aliphatic rings. The number of ether oxygens (including phenoxy) is 1. The van der Waals surface area contributed by atoms with Crippen molar-refractivity contribution in [2.75, 3.05) is 12.4 Å². The quantitative estimate of drug-likeness (QED) is 0.406. The van der Waals surface area contributed by atoms with Gasteiger partial charge in [0.05, 0.1) is 6.10 Å². The van der Waals surface area contributed by atoms with Crippen LogP contribution in [0.2, 0.25) is 0 Å². The lowest BCUT2D eigenvalue weighted by Gasteiger charge is -2.18. The van der Waals surface area contributed by atoms with Crippen LogP contribution in [0.4, 0.5) is 4.39 Å². The number of allylic oxidation sites excluding steroid dienone is 3. The molecule has 2 rings (SSSR count). The first-order valence-electron chi connectivity index (χ1n) is 9.22. The number of hydrogen-bond acceptors (Lipinski definition) is 5. The van der Waals surface area contributed by atoms with E-state index in [9.17, 15) is 19.1 Å². The Bertz CT molecular complexity index is 701. The molecule has 5 nitrogen and oxygen atoms in total. The number of carboxylic acid groups (broad SMARTS) is 1. The Morgan fingerprint density at radius 3 is 2.75 bits per heavy atom. The summed E-state index contributed by atoms with van der Waals surface area (Å²) in [6.07, 6.45) is 8.60. The fraction of sp³-hybridized carbons (Fsp3) is 0.429. The SMILES string of the molecule is O=C(O)CCC/C=C\CC1C(=O)C=CC1SCC(O)COc1ccc(F)cc1. The minimum atomic E-state index is -0.804. The molecule has 28 heavy (non-hydrogen) atoms. The van der Waals surface area contributed by atoms with Gasteiger partial charge in [0.15, 0.2) is 5.78 Å². The molecule has 2 N–H and O–H groups in total. The fourth-order valence-corrected chi connectivity index (χ4v) is 3.96. The summed E-state index contributed by atoms with van der Waals surface area (Å²) in [6, 6.07) is 5.61. The summed E-state index contributed by atoms with van der Waals surface area (Å²) in [6.45, 7) is 0.0944. The first kappa shape index (κ1) is 22.2. The van der Waals surface area contributed by atoms with Gasteiger partial charge in [0.25, 0.3) is 0 Å². The van der Waals surface area contributed by atoms with Crippen LogP contribution < -0.4 is 4.74 Å². The van der Waals surface area contributed by atoms with Crippen LogP contribution in [0.5, 0.6) is 5.75 Å². The van der Waals surface area contributed by atoms with Crippen LogP contribution in [0.1, 0.15) is 25.7 Å². The second kappa shape index (κ2) is 11.7. The van der Waals surface area contributed by atoms with Crippen molar-refractivity contribution in [3.63, 3.8) is 0 Å². The van der Waals surface area contributed by atoms with Crippen LogP contribution in [0.25, 0.3) is 0 Å². The minimum Gasteiger partial charge on any atom is -0.491 e. The maximum atomic E-state index is 12.9. The molecule has 0 fully saturated rings. The van der Waals surface area contributed by atoms with E-state index >= 15 is 0 Å². The summed E-state index contributed by atoms with van der Waals surface area (Å²) >= 11 is 1.50. The largest absolute Gasteiger partial charge is 0.491 e. The van der Waals surface area contributed by atoms with Gasteiger partial charge in [-0.05, 0) is 49.6 Å². The van der Waals surface area contributed by atoms with Crippen molar-refractivity contribution in [1.82, 2.24) is 0 Å². The number of benzene rings is 1. The molecule has 3 atom stereocenters. The number of unbranched alkanes of at least 4 members (excludes halogenated alkanes) is 1. The molecular formula is C21H25FO5S. The molecule has 0 radical (unpaired) electrons. The van der Waals surface area contributed by atoms with E-state index in [1.54, 1.807) is 6.08 Å². The number of aliphatic hydroxyl groups excluding tert-OH is 1. The number of aliphatic carboxylic acids is 1. The second-order valence-corrected chi connectivity index (χ2v) is 7.79. The van der Waals surface area contributed by atoms with E-state index in [1.165, 1.54) is 36.0 Å². The van der Waals surface area contributed by atoms with E-state index in [2.05, 4.69) is 0 Å². The van der Waals surface area contributed by atoms with Crippen LogP contribution in [0.3, 0.4) is 0 Å². The Hall–Kier alpha value is -2.12. The molecule has 1 aromatic carbocycles. The van der Waals surface area contributed by atoms with Crippen LogP contribution in [0.15, 0.2) is 48.6 Å². The Morgan fingerprint density at radius 1 is 1.29 bits per heavy atom. The van der Waals surface area contributed by atoms with Crippen molar-refractivity contribution < 1.29 is 28.9 Å². The predicted octanol–water partition coefficient (Wildman–Crippen LogP) is 3.62. The molecule has 7 heteroatoms. The number of carboxylic acids is 1. The number of rotatable bonds is 12. The molecule has 0 saturated carbocycles. The number of ketones is 1. The van der Waals surface area contributed by atoms with Crippen molar-refractivity contribution >= 4 is 23.5 Å². The van der Waals surface area contributed by atoms with Gasteiger partial charge in [0.1, 0.15) is 18.2 Å². The molecule has 0 aromatic heterocycles. The summed E-state index contributed by atoms with van der Waals surface area (Å²) < 4.78 is 18.3. The lowest BCUT2D eigenvalue weighted by Crippen LogP contribution is -2.24. The van der Waals surface area contributed by atoms with E-state index in [1.807, 2.05) is 18.2 Å². The summed E-state index contributed by atoms with van der Waals surface area (Å²) in [7, 11) is 0. The van der Waals surface area contributed by atoms with E-state index in [0.717, 1.165) is 0 Å². The fourth-order valence-electron chi connectivity index (χ4n) is 2.76. The Balaban J connectivity index is 1.69. The highest BCUT2D eigenvalue weighted by molar-refractivity contribution is 8.00. The molecule has 152 valence electrons. The highest BCUT2D eigenvalue weighted by Gasteiger charge is 2.29. The van der Waals surface area contributed by atoms with Gasteiger partial charge in [-0.2, -0.15) is 11.8 Å². The third-order valence-electron chi connectivity index (χ3n) is 4.27. The van der Waals surface area contributed by atoms with Crippen molar-refractivity contribution in [3.8, 4) is 5.75 Å². The molecule has 0 saturated heterocycles. The van der Waals surface area contributed by atoms with Crippen LogP contribution in [-0.4, -0.2) is 45.7 Å². The van der Waals surface area contributed by atoms with Gasteiger partial charge in [-0.3, -0.25) is 9.59 Å². The highest BCUT2D eigenvalue weighted by atomic mass is 32.2. The van der Waals surface area contributed by atoms with Gasteiger partial charge in [0.2, 0.25) is 0 Å². The standard InChI is InChI=1S/C21H25FO5S/c22-15-7-9-17(10-8-15)27-13-16(23)14-28-20-12-11-19(24)18(20)5-3-1-2-4-6-21(25)26/h1,3,7-12,16,18,20,23H,2,4-6,13-14H2,(H,25,26)/b3-1-. The van der Waals surface area contributed by atoms with Crippen molar-refractivity contribution in [2.24, 2.45) is 5.92 Å². The summed E-state index contributed by atoms with van der Waals surface area (Å²) in [5, 5.41) is 18.7. The zero-order valence-corrected chi connectivity index (χ0v) is 16.3. The third kappa shape index (κ3) is 7.86. The topological polar surface area (TPSA) is 83.8 Å². The summed E-state index contributed by atoms with van der Waals surface area (Å²) in [4.78, 5) is 22.5. The number of carbonyl (C=O) groups excluding carboxylic acids is 1. The van der Waals surface area contributed by atoms with Gasteiger partial charge < -0.3 is 14.9 Å². The molecule has 0 heterocycles. The van der Waals surface area contributed by atoms with Crippen LogP contribution >= 0.6 is 11.8 Å². The zero-order chi connectivity index (χ0) is 20.4. The van der Waals surface area contributed by atoms with Gasteiger partial charge in [-0.15, -0.1) is 0 Å². The second-order valence-electron chi connectivity index (χ2n) is 6.58. The first-order chi connectivity index (χ1) is 13.5. The third-order valence-corrected chi connectivity index (χ3v) is 5.72. The molecule has 1 aromatic rings. The molecule has 3 unspecified atom stereocenters. The molecule has 0 aliphatic heterocycles. The first-order valence-corrected chi connectivity index (χ1v) is 10.3. The highest BCUT2D eigenvalue weighted by Crippen LogP contribution is 2.31. The van der Waals surface area contributed by atoms with Crippen molar-refractivity contribution in [2.45, 2.75) is 37.0 Å². The Labute approximate surface area is 168 Å². The molecular weight excluding hydrogens is 383 g/mol. The van der Waals surface area contributed by atoms with Gasteiger partial charge in [-0.25, -0.2) is 4.39 Å². The van der Waals surface area contributed by atoms with Crippen LogP contribution in [-0.2, 0) is 9.59 Å². The number of thioether (sulfide) groups is 1. The van der Waals surface area contributed by atoms with Crippen molar-refractivity contribution in [3.05, 3.63) is 54.4 Å². The lowest BCUT2D eigenvalue weighted by molar-refractivity contribution is -0.137. The number of aliphatic hydroxyl groups is 1. The van der Waals surface area contributed by atoms with E-state index in [0.29, 0.717) is 30.8 Å². The maximum Gasteiger partial charge on any atom is 0.303 e. The average Bonchev–Trinajstić information content (AvgIpc) is 3.02. The molecule has 1 aliphatic carbocycles. The molecule has 0 bridgehead atoms. The van der Waals surface area contributed by atoms with Crippen LogP contribution in [0, 0.1) is 11.7 Å². The number of carbonyl (C=O) groups is 2. The van der Waals surface area contributed by atoms with Gasteiger partial charge >= 0.3 is 5.97 Å². The summed E-state index contributed by atoms with van der Waals surface area (Å²) in [5.74, 6) is -0.324. The van der Waals surface area contributed by atoms with Gasteiger partial charge in [0, 0.05) is 23.3 Å². The Morgan fingerprint density at radius 2 is 2.04 bits per heavy atom. The average molecular weight is 408 g/mol. The number of halogens is 1. The normalized spacial score (nSPS) is 20.0. The van der Waals surface area contributed by atoms with Crippen molar-refractivity contribution in [1.29, 1.82) is 0 Å². The predicted molar refractivity (Wildman–Crippen MR) is 107 cm³/mol.